The number of hydrogen-bond donors (Lipinski definition) is 0. The molecule has 226 valence electrons. The first-order valence-corrected chi connectivity index (χ1v) is 16.3. The van der Waals surface area contributed by atoms with Crippen LogP contribution in [-0.4, -0.2) is 16.3 Å². The number of rotatable bonds is 5. The maximum Gasteiger partial charge on any atom is 0.159 e. The molecule has 5 aromatic carbocycles. The molecule has 0 aliphatic heterocycles. The Morgan fingerprint density at radius 2 is 1.60 bits per heavy atom. The van der Waals surface area contributed by atoms with Crippen LogP contribution in [0, 0.1) is 6.92 Å². The molecular weight excluding hydrogens is 574 g/mol. The minimum atomic E-state index is -0.289. The second kappa shape index (κ2) is 10.7. The predicted octanol–water partition coefficient (Wildman–Crippen LogP) is 11.2. The Balaban J connectivity index is 1.59. The zero-order valence-electron chi connectivity index (χ0n) is 26.5. The van der Waals surface area contributed by atoms with E-state index in [1.807, 2.05) is 18.5 Å². The van der Waals surface area contributed by atoms with E-state index in [2.05, 4.69) is 138 Å². The van der Waals surface area contributed by atoms with Crippen molar-refractivity contribution in [3.05, 3.63) is 149 Å². The Morgan fingerprint density at radius 3 is 2.38 bits per heavy atom. The fourth-order valence-electron chi connectivity index (χ4n) is 7.93. The van der Waals surface area contributed by atoms with Gasteiger partial charge < -0.3 is 8.98 Å². The Morgan fingerprint density at radius 1 is 0.830 bits per heavy atom. The van der Waals surface area contributed by atoms with E-state index in [-0.39, 0.29) is 6.04 Å². The van der Waals surface area contributed by atoms with Crippen molar-refractivity contribution < 1.29 is 4.42 Å². The summed E-state index contributed by atoms with van der Waals surface area (Å²) in [5, 5.41) is 8.40. The third-order valence-electron chi connectivity index (χ3n) is 10.0. The molecule has 0 saturated heterocycles. The minimum absolute atomic E-state index is 0.289. The van der Waals surface area contributed by atoms with Crippen molar-refractivity contribution in [2.24, 2.45) is 4.99 Å². The summed E-state index contributed by atoms with van der Waals surface area (Å²) in [6, 6.07) is 34.6. The van der Waals surface area contributed by atoms with Crippen LogP contribution in [0.2, 0.25) is 0 Å². The second-order valence-electron chi connectivity index (χ2n) is 12.6. The highest BCUT2D eigenvalue weighted by Gasteiger charge is 2.32. The third kappa shape index (κ3) is 4.01. The fourth-order valence-corrected chi connectivity index (χ4v) is 7.93. The van der Waals surface area contributed by atoms with Crippen molar-refractivity contribution >= 4 is 72.7 Å². The minimum Gasteiger partial charge on any atom is -0.458 e. The number of allylic oxidation sites excluding steroid dienone is 3. The van der Waals surface area contributed by atoms with Gasteiger partial charge in [-0.3, -0.25) is 9.98 Å². The highest BCUT2D eigenvalue weighted by molar-refractivity contribution is 6.34. The van der Waals surface area contributed by atoms with Crippen molar-refractivity contribution in [1.29, 1.82) is 0 Å². The first-order chi connectivity index (χ1) is 23.2. The van der Waals surface area contributed by atoms with Gasteiger partial charge in [-0.2, -0.15) is 0 Å². The molecule has 0 spiro atoms. The van der Waals surface area contributed by atoms with Crippen LogP contribution in [0.5, 0.6) is 0 Å². The van der Waals surface area contributed by atoms with Crippen LogP contribution in [-0.2, 0) is 6.42 Å². The Kier molecular flexibility index (Phi) is 6.26. The van der Waals surface area contributed by atoms with Crippen LogP contribution in [0.4, 0.5) is 0 Å². The lowest BCUT2D eigenvalue weighted by atomic mass is 9.89. The van der Waals surface area contributed by atoms with E-state index >= 15 is 0 Å². The van der Waals surface area contributed by atoms with E-state index in [1.165, 1.54) is 48.8 Å². The van der Waals surface area contributed by atoms with Gasteiger partial charge in [0.15, 0.2) is 5.58 Å². The van der Waals surface area contributed by atoms with Crippen molar-refractivity contribution in [1.82, 2.24) is 9.55 Å². The summed E-state index contributed by atoms with van der Waals surface area (Å²) in [7, 11) is 0. The summed E-state index contributed by atoms with van der Waals surface area (Å²) in [5.41, 5.74) is 9.73. The molecular formula is C43H33N3O. The summed E-state index contributed by atoms with van der Waals surface area (Å²) < 4.78 is 9.57. The van der Waals surface area contributed by atoms with Crippen molar-refractivity contribution in [3.63, 3.8) is 0 Å². The van der Waals surface area contributed by atoms with E-state index in [1.54, 1.807) is 0 Å². The first kappa shape index (κ1) is 27.6. The van der Waals surface area contributed by atoms with Crippen LogP contribution in [0.1, 0.15) is 47.4 Å². The molecule has 0 fully saturated rings. The Hall–Kier alpha value is -5.74. The summed E-state index contributed by atoms with van der Waals surface area (Å²) in [6.07, 6.45) is 10.2. The van der Waals surface area contributed by atoms with E-state index in [4.69, 9.17) is 4.42 Å². The molecule has 3 aromatic heterocycles. The molecule has 1 unspecified atom stereocenters. The lowest BCUT2D eigenvalue weighted by Crippen LogP contribution is -2.15. The summed E-state index contributed by atoms with van der Waals surface area (Å²) >= 11 is 0. The number of aryl methyl sites for hydroxylation is 2. The number of benzene rings is 5. The zero-order chi connectivity index (χ0) is 31.6. The summed E-state index contributed by atoms with van der Waals surface area (Å²) in [6.45, 7) is 8.29. The molecule has 4 heteroatoms. The van der Waals surface area contributed by atoms with Gasteiger partial charge in [0.1, 0.15) is 5.76 Å². The molecule has 1 aliphatic carbocycles. The van der Waals surface area contributed by atoms with Gasteiger partial charge in [-0.05, 0) is 65.9 Å². The molecule has 0 amide bonds. The zero-order valence-corrected chi connectivity index (χ0v) is 26.5. The van der Waals surface area contributed by atoms with Gasteiger partial charge in [-0.25, -0.2) is 0 Å². The van der Waals surface area contributed by atoms with Crippen molar-refractivity contribution in [2.45, 2.75) is 32.7 Å². The molecule has 4 nitrogen and oxygen atoms in total. The Bertz CT molecular complexity index is 2620. The van der Waals surface area contributed by atoms with Gasteiger partial charge in [-0.1, -0.05) is 103 Å². The number of aliphatic imine (C=N–C) groups is 1. The van der Waals surface area contributed by atoms with Crippen LogP contribution >= 0.6 is 0 Å². The molecule has 1 aliphatic rings. The van der Waals surface area contributed by atoms with Gasteiger partial charge >= 0.3 is 0 Å². The van der Waals surface area contributed by atoms with E-state index in [9.17, 15) is 0 Å². The summed E-state index contributed by atoms with van der Waals surface area (Å²) in [5.74, 6) is 1.05. The largest absolute Gasteiger partial charge is 0.458 e. The van der Waals surface area contributed by atoms with E-state index in [0.717, 1.165) is 57.6 Å². The molecule has 47 heavy (non-hydrogen) atoms. The molecule has 9 rings (SSSR count). The van der Waals surface area contributed by atoms with Gasteiger partial charge in [0.2, 0.25) is 0 Å². The van der Waals surface area contributed by atoms with Gasteiger partial charge in [0.25, 0.3) is 0 Å². The lowest BCUT2D eigenvalue weighted by molar-refractivity contribution is 0.547. The molecule has 0 radical (unpaired) electrons. The van der Waals surface area contributed by atoms with Crippen molar-refractivity contribution in [2.75, 3.05) is 0 Å². The predicted molar refractivity (Wildman–Crippen MR) is 197 cm³/mol. The maximum absolute atomic E-state index is 7.04. The first-order valence-electron chi connectivity index (χ1n) is 16.3. The molecule has 0 saturated carbocycles. The molecule has 1 atom stereocenters. The average molecular weight is 608 g/mol. The summed E-state index contributed by atoms with van der Waals surface area (Å²) in [4.78, 5) is 9.29. The highest BCUT2D eigenvalue weighted by Crippen LogP contribution is 2.50. The number of nitrogens with zero attached hydrogens (tertiary/aromatic N) is 3. The standard InChI is InChI=1S/C43H33N3O/c1-26-13-4-6-16-30(26)37(27(2)44-3)40(29-15-12-24-45-25-29)46-41-31-17-7-5-14-28(31)22-23-35(41)38-32-18-8-9-19-33(32)39-34-20-10-11-21-36(34)47-43(39)42(38)46/h4-10,12-20,22-25,40H,3,11,21H2,1-2H3/b37-27-. The van der Waals surface area contributed by atoms with Gasteiger partial charge in [-0.15, -0.1) is 0 Å². The van der Waals surface area contributed by atoms with Crippen molar-refractivity contribution in [3.8, 4) is 0 Å². The van der Waals surface area contributed by atoms with Crippen LogP contribution in [0.3, 0.4) is 0 Å². The molecule has 8 aromatic rings. The third-order valence-corrected chi connectivity index (χ3v) is 10.0. The number of furan rings is 1. The monoisotopic (exact) mass is 607 g/mol. The topological polar surface area (TPSA) is 43.3 Å². The fraction of sp³-hybridized carbons (Fsp3) is 0.116. The van der Waals surface area contributed by atoms with Crippen LogP contribution < -0.4 is 0 Å². The highest BCUT2D eigenvalue weighted by atomic mass is 16.3. The van der Waals surface area contributed by atoms with Gasteiger partial charge in [0.05, 0.1) is 17.1 Å². The second-order valence-corrected chi connectivity index (χ2v) is 12.6. The van der Waals surface area contributed by atoms with E-state index < -0.39 is 0 Å². The average Bonchev–Trinajstić information content (AvgIpc) is 3.68. The number of fused-ring (bicyclic) bond motifs is 12. The number of hydrogen-bond acceptors (Lipinski definition) is 3. The quantitative estimate of drug-likeness (QED) is 0.183. The van der Waals surface area contributed by atoms with Crippen LogP contribution in [0.25, 0.3) is 66.0 Å². The molecule has 0 N–H and O–H groups in total. The Labute approximate surface area is 273 Å². The van der Waals surface area contributed by atoms with E-state index in [0.29, 0.717) is 0 Å². The number of aromatic nitrogens is 2. The maximum atomic E-state index is 7.04. The van der Waals surface area contributed by atoms with Gasteiger partial charge in [0, 0.05) is 57.2 Å². The smallest absolute Gasteiger partial charge is 0.159 e. The SMILES string of the molecule is C=N/C(C)=C(/c1ccccc1C)C(c1cccnc1)n1c2c3ccccc3ccc2c2c3ccccc3c3c4c(oc3c21)CCC=C4. The molecule has 3 heterocycles. The normalized spacial score (nSPS) is 14.3. The van der Waals surface area contributed by atoms with Crippen LogP contribution in [0.15, 0.2) is 131 Å². The number of pyridine rings is 1. The lowest BCUT2D eigenvalue weighted by Gasteiger charge is -2.27. The molecule has 0 bridgehead atoms.